The lowest BCUT2D eigenvalue weighted by molar-refractivity contribution is -0.385. The van der Waals surface area contributed by atoms with Gasteiger partial charge in [0, 0.05) is 24.1 Å². The van der Waals surface area contributed by atoms with Crippen LogP contribution < -0.4 is 11.1 Å². The molecular weight excluding hydrogens is 374 g/mol. The third-order valence-electron chi connectivity index (χ3n) is 3.15. The van der Waals surface area contributed by atoms with Crippen molar-refractivity contribution in [1.82, 2.24) is 0 Å². The zero-order chi connectivity index (χ0) is 19.0. The van der Waals surface area contributed by atoms with Crippen LogP contribution in [-0.4, -0.2) is 32.6 Å². The minimum atomic E-state index is -4.58. The Hall–Kier alpha value is -2.70. The Kier molecular flexibility index (Phi) is 4.70. The maximum Gasteiger partial charge on any atom is 0.296 e. The van der Waals surface area contributed by atoms with Crippen molar-refractivity contribution in [3.8, 4) is 0 Å². The molecule has 0 unspecified atom stereocenters. The summed E-state index contributed by atoms with van der Waals surface area (Å²) in [6, 6.07) is 6.74. The summed E-state index contributed by atoms with van der Waals surface area (Å²) in [5, 5.41) is 13.5. The van der Waals surface area contributed by atoms with Gasteiger partial charge in [0.1, 0.15) is 4.90 Å². The lowest BCUT2D eigenvalue weighted by atomic mass is 10.2. The minimum absolute atomic E-state index is 0.000779. The molecule has 0 saturated heterocycles. The quantitative estimate of drug-likeness (QED) is 0.298. The summed E-state index contributed by atoms with van der Waals surface area (Å²) >= 11 is 0. The van der Waals surface area contributed by atoms with E-state index in [9.17, 15) is 26.9 Å². The highest BCUT2D eigenvalue weighted by Gasteiger charge is 2.20. The standard InChI is InChI=1S/C13H13N3O7S2/c1-24(19,20)13-7-9(16(17)18)3-5-11(13)15-8-2-4-10(14)12(6-8)25(21,22)23/h2-7,15H,14H2,1H3,(H,21,22,23). The van der Waals surface area contributed by atoms with Crippen molar-refractivity contribution in [2.24, 2.45) is 0 Å². The van der Waals surface area contributed by atoms with Gasteiger partial charge in [-0.05, 0) is 24.3 Å². The molecule has 0 amide bonds. The molecule has 0 aliphatic rings. The first-order valence-electron chi connectivity index (χ1n) is 6.52. The Labute approximate surface area is 143 Å². The van der Waals surface area contributed by atoms with Gasteiger partial charge in [0.25, 0.3) is 15.8 Å². The van der Waals surface area contributed by atoms with Crippen LogP contribution in [0.15, 0.2) is 46.2 Å². The van der Waals surface area contributed by atoms with Gasteiger partial charge < -0.3 is 11.1 Å². The molecule has 10 nitrogen and oxygen atoms in total. The van der Waals surface area contributed by atoms with Crippen molar-refractivity contribution in [3.63, 3.8) is 0 Å². The Morgan fingerprint density at radius 2 is 1.72 bits per heavy atom. The molecule has 2 aromatic rings. The number of anilines is 3. The number of nitrogen functional groups attached to an aromatic ring is 1. The summed E-state index contributed by atoms with van der Waals surface area (Å²) in [7, 11) is -8.39. The molecule has 134 valence electrons. The van der Waals surface area contributed by atoms with E-state index in [0.717, 1.165) is 24.5 Å². The third-order valence-corrected chi connectivity index (χ3v) is 5.19. The average Bonchev–Trinajstić information content (AvgIpc) is 2.47. The molecule has 0 fully saturated rings. The first-order chi connectivity index (χ1) is 11.4. The van der Waals surface area contributed by atoms with Crippen LogP contribution in [0.2, 0.25) is 0 Å². The van der Waals surface area contributed by atoms with E-state index in [0.29, 0.717) is 0 Å². The Bertz CT molecular complexity index is 1060. The van der Waals surface area contributed by atoms with Crippen LogP contribution in [0.4, 0.5) is 22.7 Å². The van der Waals surface area contributed by atoms with Gasteiger partial charge in [-0.1, -0.05) is 0 Å². The lowest BCUT2D eigenvalue weighted by Crippen LogP contribution is -2.06. The van der Waals surface area contributed by atoms with Gasteiger partial charge in [0.15, 0.2) is 9.84 Å². The Morgan fingerprint density at radius 1 is 1.08 bits per heavy atom. The molecule has 2 aromatic carbocycles. The SMILES string of the molecule is CS(=O)(=O)c1cc([N+](=O)[O-])ccc1Nc1ccc(N)c(S(=O)(=O)O)c1. The molecule has 0 aliphatic carbocycles. The molecule has 0 spiro atoms. The number of rotatable bonds is 5. The van der Waals surface area contributed by atoms with E-state index < -0.39 is 35.5 Å². The molecule has 0 aromatic heterocycles. The number of benzene rings is 2. The van der Waals surface area contributed by atoms with Gasteiger partial charge >= 0.3 is 0 Å². The zero-order valence-corrected chi connectivity index (χ0v) is 14.3. The predicted octanol–water partition coefficient (Wildman–Crippen LogP) is 1.57. The highest BCUT2D eigenvalue weighted by molar-refractivity contribution is 7.90. The number of nitrogens with two attached hydrogens (primary N) is 1. The Morgan fingerprint density at radius 3 is 2.24 bits per heavy atom. The summed E-state index contributed by atoms with van der Waals surface area (Å²) in [5.74, 6) is 0. The van der Waals surface area contributed by atoms with Crippen molar-refractivity contribution in [2.45, 2.75) is 9.79 Å². The molecule has 0 saturated carbocycles. The number of hydrogen-bond acceptors (Lipinski definition) is 8. The molecule has 0 heterocycles. The largest absolute Gasteiger partial charge is 0.398 e. The van der Waals surface area contributed by atoms with E-state index in [1.165, 1.54) is 18.2 Å². The number of nitrogens with one attached hydrogen (secondary N) is 1. The van der Waals surface area contributed by atoms with Crippen LogP contribution in [0.1, 0.15) is 0 Å². The van der Waals surface area contributed by atoms with Crippen molar-refractivity contribution >= 4 is 42.7 Å². The van der Waals surface area contributed by atoms with E-state index >= 15 is 0 Å². The molecule has 0 atom stereocenters. The monoisotopic (exact) mass is 387 g/mol. The van der Waals surface area contributed by atoms with Gasteiger partial charge in [-0.25, -0.2) is 8.42 Å². The van der Waals surface area contributed by atoms with Gasteiger partial charge in [-0.15, -0.1) is 0 Å². The number of non-ortho nitro benzene ring substituents is 1. The summed E-state index contributed by atoms with van der Waals surface area (Å²) in [4.78, 5) is 9.19. The molecule has 25 heavy (non-hydrogen) atoms. The topological polar surface area (TPSA) is 170 Å². The van der Waals surface area contributed by atoms with Gasteiger partial charge in [0.2, 0.25) is 0 Å². The number of nitro benzene ring substituents is 1. The summed E-state index contributed by atoms with van der Waals surface area (Å²) in [6.07, 6.45) is 0.879. The van der Waals surface area contributed by atoms with Gasteiger partial charge in [-0.3, -0.25) is 14.7 Å². The van der Waals surface area contributed by atoms with Crippen LogP contribution in [0, 0.1) is 10.1 Å². The van der Waals surface area contributed by atoms with E-state index in [1.54, 1.807) is 0 Å². The van der Waals surface area contributed by atoms with Gasteiger partial charge in [0.05, 0.1) is 21.2 Å². The van der Waals surface area contributed by atoms with E-state index in [-0.39, 0.29) is 22.0 Å². The first-order valence-corrected chi connectivity index (χ1v) is 9.85. The number of sulfone groups is 1. The number of nitrogens with zero attached hydrogens (tertiary/aromatic N) is 1. The minimum Gasteiger partial charge on any atom is -0.398 e. The second-order valence-corrected chi connectivity index (χ2v) is 8.44. The van der Waals surface area contributed by atoms with E-state index in [1.807, 2.05) is 0 Å². The molecule has 12 heteroatoms. The van der Waals surface area contributed by atoms with Crippen molar-refractivity contribution < 1.29 is 26.3 Å². The smallest absolute Gasteiger partial charge is 0.296 e. The van der Waals surface area contributed by atoms with Crippen molar-refractivity contribution in [1.29, 1.82) is 0 Å². The van der Waals surface area contributed by atoms with Crippen LogP contribution in [0.25, 0.3) is 0 Å². The summed E-state index contributed by atoms with van der Waals surface area (Å²) < 4.78 is 55.5. The second kappa shape index (κ2) is 6.31. The van der Waals surface area contributed by atoms with Crippen LogP contribution >= 0.6 is 0 Å². The first kappa shape index (κ1) is 18.6. The average molecular weight is 387 g/mol. The third kappa shape index (κ3) is 4.23. The second-order valence-electron chi connectivity index (χ2n) is 5.06. The molecule has 0 aliphatic heterocycles. The highest BCUT2D eigenvalue weighted by atomic mass is 32.2. The molecule has 0 radical (unpaired) electrons. The van der Waals surface area contributed by atoms with Crippen molar-refractivity contribution in [3.05, 3.63) is 46.5 Å². The molecule has 4 N–H and O–H groups in total. The lowest BCUT2D eigenvalue weighted by Gasteiger charge is -2.12. The highest BCUT2D eigenvalue weighted by Crippen LogP contribution is 2.30. The fraction of sp³-hybridized carbons (Fsp3) is 0.0769. The van der Waals surface area contributed by atoms with E-state index in [4.69, 9.17) is 10.3 Å². The van der Waals surface area contributed by atoms with Crippen molar-refractivity contribution in [2.75, 3.05) is 17.3 Å². The maximum absolute atomic E-state index is 11.9. The molecule has 2 rings (SSSR count). The predicted molar refractivity (Wildman–Crippen MR) is 90.2 cm³/mol. The van der Waals surface area contributed by atoms with Gasteiger partial charge in [-0.2, -0.15) is 8.42 Å². The van der Waals surface area contributed by atoms with Crippen LogP contribution in [0.5, 0.6) is 0 Å². The Balaban J connectivity index is 2.56. The number of hydrogen-bond donors (Lipinski definition) is 3. The maximum atomic E-state index is 11.9. The zero-order valence-electron chi connectivity index (χ0n) is 12.7. The molecular formula is C13H13N3O7S2. The summed E-state index contributed by atoms with van der Waals surface area (Å²) in [5.41, 5.74) is 4.99. The number of nitro groups is 1. The fourth-order valence-corrected chi connectivity index (χ4v) is 3.52. The normalized spacial score (nSPS) is 11.9. The van der Waals surface area contributed by atoms with E-state index in [2.05, 4.69) is 5.32 Å². The summed E-state index contributed by atoms with van der Waals surface area (Å²) in [6.45, 7) is 0. The molecule has 0 bridgehead atoms. The van der Waals surface area contributed by atoms with Crippen LogP contribution in [0.3, 0.4) is 0 Å². The fourth-order valence-electron chi connectivity index (χ4n) is 2.03. The van der Waals surface area contributed by atoms with Crippen LogP contribution in [-0.2, 0) is 20.0 Å².